The fourth-order valence-corrected chi connectivity index (χ4v) is 3.65. The molecule has 6 heteroatoms. The van der Waals surface area contributed by atoms with E-state index in [0.717, 1.165) is 54.6 Å². The molecule has 26 heavy (non-hydrogen) atoms. The average molecular weight is 377 g/mol. The Labute approximate surface area is 159 Å². The maximum atomic E-state index is 6.33. The van der Waals surface area contributed by atoms with Crippen molar-refractivity contribution in [1.82, 2.24) is 10.2 Å². The quantitative estimate of drug-likeness (QED) is 0.837. The molecule has 1 fully saturated rings. The van der Waals surface area contributed by atoms with Gasteiger partial charge in [0.1, 0.15) is 17.2 Å². The van der Waals surface area contributed by atoms with Gasteiger partial charge in [0.2, 0.25) is 0 Å². The molecule has 0 bridgehead atoms. The molecule has 2 aromatic carbocycles. The Morgan fingerprint density at radius 3 is 2.27 bits per heavy atom. The van der Waals surface area contributed by atoms with Crippen LogP contribution in [0, 0.1) is 0 Å². The summed E-state index contributed by atoms with van der Waals surface area (Å²) >= 11 is 6.33. The van der Waals surface area contributed by atoms with E-state index in [9.17, 15) is 0 Å². The Morgan fingerprint density at radius 1 is 0.885 bits per heavy atom. The minimum atomic E-state index is -0.0217. The van der Waals surface area contributed by atoms with Crippen LogP contribution in [0.3, 0.4) is 0 Å². The molecule has 0 aliphatic carbocycles. The number of hydrogen-bond donors (Lipinski definition) is 1. The molecule has 0 aromatic heterocycles. The van der Waals surface area contributed by atoms with Crippen LogP contribution in [0.15, 0.2) is 36.4 Å². The zero-order valence-corrected chi connectivity index (χ0v) is 16.2. The van der Waals surface area contributed by atoms with E-state index in [0.29, 0.717) is 5.02 Å². The number of halogens is 1. The van der Waals surface area contributed by atoms with E-state index in [2.05, 4.69) is 16.3 Å². The molecule has 1 atom stereocenters. The van der Waals surface area contributed by atoms with Crippen molar-refractivity contribution in [3.8, 4) is 17.2 Å². The first kappa shape index (κ1) is 18.8. The van der Waals surface area contributed by atoms with Crippen molar-refractivity contribution in [2.24, 2.45) is 0 Å². The highest BCUT2D eigenvalue weighted by Gasteiger charge is 2.29. The second-order valence-corrected chi connectivity index (χ2v) is 6.62. The second kappa shape index (κ2) is 8.62. The SMILES string of the molecule is COc1ccc(C(c2cc(Cl)ccc2OC)N2CCNCC2)c(OC)c1. The normalized spacial score (nSPS) is 16.2. The number of piperazine rings is 1. The molecule has 0 spiro atoms. The number of rotatable bonds is 6. The van der Waals surface area contributed by atoms with Gasteiger partial charge in [0.25, 0.3) is 0 Å². The van der Waals surface area contributed by atoms with Crippen molar-refractivity contribution in [2.75, 3.05) is 47.5 Å². The minimum Gasteiger partial charge on any atom is -0.497 e. The molecule has 0 saturated carbocycles. The first-order chi connectivity index (χ1) is 12.7. The third-order valence-electron chi connectivity index (χ3n) is 4.74. The molecule has 1 aliphatic heterocycles. The molecule has 3 rings (SSSR count). The topological polar surface area (TPSA) is 43.0 Å². The largest absolute Gasteiger partial charge is 0.497 e. The smallest absolute Gasteiger partial charge is 0.127 e. The molecule has 5 nitrogen and oxygen atoms in total. The molecule has 0 amide bonds. The molecule has 1 aliphatic rings. The van der Waals surface area contributed by atoms with Gasteiger partial charge >= 0.3 is 0 Å². The highest BCUT2D eigenvalue weighted by molar-refractivity contribution is 6.30. The Morgan fingerprint density at radius 2 is 1.62 bits per heavy atom. The molecule has 1 N–H and O–H groups in total. The summed E-state index contributed by atoms with van der Waals surface area (Å²) in [5.74, 6) is 2.37. The standard InChI is InChI=1S/C20H25ClN2O3/c1-24-15-5-6-16(19(13-15)26-3)20(23-10-8-22-9-11-23)17-12-14(21)4-7-18(17)25-2/h4-7,12-13,20,22H,8-11H2,1-3H3. The predicted molar refractivity (Wildman–Crippen MR) is 104 cm³/mol. The highest BCUT2D eigenvalue weighted by Crippen LogP contribution is 2.41. The number of nitrogens with one attached hydrogen (secondary N) is 1. The second-order valence-electron chi connectivity index (χ2n) is 6.18. The summed E-state index contributed by atoms with van der Waals surface area (Å²) in [4.78, 5) is 2.43. The lowest BCUT2D eigenvalue weighted by molar-refractivity contribution is 0.192. The van der Waals surface area contributed by atoms with Crippen LogP contribution in [0.25, 0.3) is 0 Å². The lowest BCUT2D eigenvalue weighted by atomic mass is 9.94. The van der Waals surface area contributed by atoms with E-state index in [4.69, 9.17) is 25.8 Å². The molecule has 1 heterocycles. The number of hydrogen-bond acceptors (Lipinski definition) is 5. The minimum absolute atomic E-state index is 0.0217. The van der Waals surface area contributed by atoms with Gasteiger partial charge in [0.05, 0.1) is 27.4 Å². The fraction of sp³-hybridized carbons (Fsp3) is 0.400. The van der Waals surface area contributed by atoms with Crippen molar-refractivity contribution >= 4 is 11.6 Å². The molecule has 2 aromatic rings. The van der Waals surface area contributed by atoms with Crippen molar-refractivity contribution in [3.05, 3.63) is 52.5 Å². The van der Waals surface area contributed by atoms with Crippen molar-refractivity contribution < 1.29 is 14.2 Å². The van der Waals surface area contributed by atoms with E-state index in [1.165, 1.54) is 0 Å². The van der Waals surface area contributed by atoms with Crippen LogP contribution in [-0.4, -0.2) is 52.4 Å². The zero-order valence-electron chi connectivity index (χ0n) is 15.4. The molecule has 0 radical (unpaired) electrons. The first-order valence-electron chi connectivity index (χ1n) is 8.68. The van der Waals surface area contributed by atoms with Crippen molar-refractivity contribution in [2.45, 2.75) is 6.04 Å². The maximum absolute atomic E-state index is 6.33. The van der Waals surface area contributed by atoms with E-state index in [1.807, 2.05) is 30.3 Å². The molecule has 1 saturated heterocycles. The van der Waals surface area contributed by atoms with Gasteiger partial charge in [-0.2, -0.15) is 0 Å². The predicted octanol–water partition coefficient (Wildman–Crippen LogP) is 3.36. The van der Waals surface area contributed by atoms with Gasteiger partial charge < -0.3 is 19.5 Å². The summed E-state index contributed by atoms with van der Waals surface area (Å²) in [5, 5.41) is 4.10. The van der Waals surface area contributed by atoms with Gasteiger partial charge in [-0.25, -0.2) is 0 Å². The van der Waals surface area contributed by atoms with Gasteiger partial charge in [-0.15, -0.1) is 0 Å². The van der Waals surface area contributed by atoms with Crippen LogP contribution in [0.1, 0.15) is 17.2 Å². The van der Waals surface area contributed by atoms with Gasteiger partial charge in [-0.05, 0) is 30.3 Å². The summed E-state index contributed by atoms with van der Waals surface area (Å²) in [7, 11) is 5.03. The van der Waals surface area contributed by atoms with Crippen LogP contribution >= 0.6 is 11.6 Å². The summed E-state index contributed by atoms with van der Waals surface area (Å²) in [6.45, 7) is 3.74. The Hall–Kier alpha value is -1.95. The molecular formula is C20H25ClN2O3. The van der Waals surface area contributed by atoms with E-state index < -0.39 is 0 Å². The van der Waals surface area contributed by atoms with Crippen molar-refractivity contribution in [3.63, 3.8) is 0 Å². The summed E-state index contributed by atoms with van der Waals surface area (Å²) < 4.78 is 16.7. The molecular weight excluding hydrogens is 352 g/mol. The number of nitrogens with zero attached hydrogens (tertiary/aromatic N) is 1. The number of ether oxygens (including phenoxy) is 3. The van der Waals surface area contributed by atoms with E-state index in [1.54, 1.807) is 21.3 Å². The van der Waals surface area contributed by atoms with E-state index >= 15 is 0 Å². The van der Waals surface area contributed by atoms with Crippen LogP contribution in [-0.2, 0) is 0 Å². The van der Waals surface area contributed by atoms with Gasteiger partial charge in [-0.1, -0.05) is 11.6 Å². The number of benzene rings is 2. The third-order valence-corrected chi connectivity index (χ3v) is 4.97. The monoisotopic (exact) mass is 376 g/mol. The Balaban J connectivity index is 2.14. The van der Waals surface area contributed by atoms with E-state index in [-0.39, 0.29) is 6.04 Å². The highest BCUT2D eigenvalue weighted by atomic mass is 35.5. The Bertz CT molecular complexity index is 748. The van der Waals surface area contributed by atoms with Crippen molar-refractivity contribution in [1.29, 1.82) is 0 Å². The van der Waals surface area contributed by atoms with Gasteiger partial charge in [0, 0.05) is 48.4 Å². The third kappa shape index (κ3) is 3.90. The van der Waals surface area contributed by atoms with Crippen LogP contribution in [0.4, 0.5) is 0 Å². The first-order valence-corrected chi connectivity index (χ1v) is 9.06. The maximum Gasteiger partial charge on any atom is 0.127 e. The summed E-state index contributed by atoms with van der Waals surface area (Å²) in [6, 6.07) is 11.7. The molecule has 1 unspecified atom stereocenters. The van der Waals surface area contributed by atoms with Crippen LogP contribution in [0.2, 0.25) is 5.02 Å². The van der Waals surface area contributed by atoms with Crippen LogP contribution in [0.5, 0.6) is 17.2 Å². The van der Waals surface area contributed by atoms with Crippen LogP contribution < -0.4 is 19.5 Å². The Kier molecular flexibility index (Phi) is 6.25. The summed E-state index contributed by atoms with van der Waals surface area (Å²) in [6.07, 6.45) is 0. The summed E-state index contributed by atoms with van der Waals surface area (Å²) in [5.41, 5.74) is 2.10. The van der Waals surface area contributed by atoms with Gasteiger partial charge in [0.15, 0.2) is 0 Å². The molecule has 140 valence electrons. The fourth-order valence-electron chi connectivity index (χ4n) is 3.46. The number of methoxy groups -OCH3 is 3. The lowest BCUT2D eigenvalue weighted by Crippen LogP contribution is -2.45. The van der Waals surface area contributed by atoms with Gasteiger partial charge in [-0.3, -0.25) is 4.90 Å². The average Bonchev–Trinajstić information content (AvgIpc) is 2.69. The lowest BCUT2D eigenvalue weighted by Gasteiger charge is -2.36. The zero-order chi connectivity index (χ0) is 18.5.